The third-order valence-electron chi connectivity index (χ3n) is 0.529. The Labute approximate surface area is 67.4 Å². The molecule has 0 bridgehead atoms. The van der Waals surface area contributed by atoms with Crippen LogP contribution < -0.4 is 11.1 Å². The SMILES string of the molecule is C=CCOC(=O)CN.CNC. The van der Waals surface area contributed by atoms with Crippen LogP contribution in [-0.4, -0.2) is 33.2 Å². The summed E-state index contributed by atoms with van der Waals surface area (Å²) in [6, 6.07) is 0. The van der Waals surface area contributed by atoms with Gasteiger partial charge in [-0.3, -0.25) is 4.79 Å². The molecule has 0 atom stereocenters. The van der Waals surface area contributed by atoms with Gasteiger partial charge in [0.15, 0.2) is 0 Å². The fourth-order valence-corrected chi connectivity index (χ4v) is 0.211. The van der Waals surface area contributed by atoms with Crippen molar-refractivity contribution in [2.24, 2.45) is 5.73 Å². The van der Waals surface area contributed by atoms with E-state index in [1.54, 1.807) is 0 Å². The summed E-state index contributed by atoms with van der Waals surface area (Å²) in [5, 5.41) is 2.75. The van der Waals surface area contributed by atoms with Crippen LogP contribution in [0.2, 0.25) is 0 Å². The fourth-order valence-electron chi connectivity index (χ4n) is 0.211. The van der Waals surface area contributed by atoms with Gasteiger partial charge in [-0.05, 0) is 14.1 Å². The van der Waals surface area contributed by atoms with E-state index >= 15 is 0 Å². The molecule has 0 aliphatic carbocycles. The molecule has 0 aromatic rings. The zero-order chi connectivity index (χ0) is 9.11. The lowest BCUT2D eigenvalue weighted by Gasteiger charge is -1.94. The van der Waals surface area contributed by atoms with Crippen molar-refractivity contribution in [3.8, 4) is 0 Å². The maximum Gasteiger partial charge on any atom is 0.320 e. The van der Waals surface area contributed by atoms with Crippen LogP contribution in [0.1, 0.15) is 0 Å². The van der Waals surface area contributed by atoms with Crippen LogP contribution in [0.4, 0.5) is 0 Å². The Morgan fingerprint density at radius 3 is 2.45 bits per heavy atom. The summed E-state index contributed by atoms with van der Waals surface area (Å²) in [6.07, 6.45) is 1.49. The lowest BCUT2D eigenvalue weighted by atomic mass is 10.6. The summed E-state index contributed by atoms with van der Waals surface area (Å²) in [7, 11) is 3.75. The topological polar surface area (TPSA) is 64.3 Å². The van der Waals surface area contributed by atoms with E-state index in [2.05, 4.69) is 16.6 Å². The highest BCUT2D eigenvalue weighted by atomic mass is 16.5. The molecule has 0 aliphatic rings. The van der Waals surface area contributed by atoms with Gasteiger partial charge in [-0.1, -0.05) is 12.7 Å². The molecule has 0 rings (SSSR count). The number of hydrogen-bond acceptors (Lipinski definition) is 4. The lowest BCUT2D eigenvalue weighted by Crippen LogP contribution is -2.16. The fraction of sp³-hybridized carbons (Fsp3) is 0.571. The molecule has 0 spiro atoms. The Bertz CT molecular complexity index is 105. The third-order valence-corrected chi connectivity index (χ3v) is 0.529. The quantitative estimate of drug-likeness (QED) is 0.432. The summed E-state index contributed by atoms with van der Waals surface area (Å²) in [5.41, 5.74) is 4.90. The Balaban J connectivity index is 0. The molecule has 11 heavy (non-hydrogen) atoms. The van der Waals surface area contributed by atoms with E-state index in [-0.39, 0.29) is 13.2 Å². The van der Waals surface area contributed by atoms with Gasteiger partial charge in [0.2, 0.25) is 0 Å². The molecular formula is C7H16N2O2. The van der Waals surface area contributed by atoms with E-state index in [9.17, 15) is 4.79 Å². The normalized spacial score (nSPS) is 7.55. The van der Waals surface area contributed by atoms with Crippen molar-refractivity contribution in [1.82, 2.24) is 5.32 Å². The van der Waals surface area contributed by atoms with Crippen molar-refractivity contribution in [3.63, 3.8) is 0 Å². The summed E-state index contributed by atoms with van der Waals surface area (Å²) >= 11 is 0. The predicted molar refractivity (Wildman–Crippen MR) is 45.2 cm³/mol. The molecule has 0 aromatic heterocycles. The van der Waals surface area contributed by atoms with Crippen molar-refractivity contribution in [3.05, 3.63) is 12.7 Å². The number of carbonyl (C=O) groups is 1. The first-order valence-corrected chi connectivity index (χ1v) is 3.28. The molecule has 0 amide bonds. The first-order chi connectivity index (χ1) is 5.22. The molecule has 3 N–H and O–H groups in total. The minimum absolute atomic E-state index is 0.0617. The van der Waals surface area contributed by atoms with Gasteiger partial charge >= 0.3 is 5.97 Å². The van der Waals surface area contributed by atoms with E-state index in [1.807, 2.05) is 14.1 Å². The number of nitrogens with one attached hydrogen (secondary N) is 1. The van der Waals surface area contributed by atoms with Crippen molar-refractivity contribution in [2.75, 3.05) is 27.2 Å². The van der Waals surface area contributed by atoms with Gasteiger partial charge in [0.25, 0.3) is 0 Å². The van der Waals surface area contributed by atoms with Crippen LogP contribution in [-0.2, 0) is 9.53 Å². The van der Waals surface area contributed by atoms with Gasteiger partial charge in [-0.2, -0.15) is 0 Å². The van der Waals surface area contributed by atoms with Crippen LogP contribution in [0.25, 0.3) is 0 Å². The number of nitrogens with two attached hydrogens (primary N) is 1. The average molecular weight is 160 g/mol. The van der Waals surface area contributed by atoms with Gasteiger partial charge in [0, 0.05) is 0 Å². The van der Waals surface area contributed by atoms with Crippen LogP contribution >= 0.6 is 0 Å². The molecule has 66 valence electrons. The second kappa shape index (κ2) is 11.9. The maximum atomic E-state index is 10.2. The van der Waals surface area contributed by atoms with Gasteiger partial charge in [0.1, 0.15) is 6.61 Å². The first kappa shape index (κ1) is 12.8. The molecule has 0 unspecified atom stereocenters. The van der Waals surface area contributed by atoms with Crippen LogP contribution in [0.5, 0.6) is 0 Å². The third kappa shape index (κ3) is 17.6. The maximum absolute atomic E-state index is 10.2. The average Bonchev–Trinajstić information content (AvgIpc) is 2.02. The summed E-state index contributed by atoms with van der Waals surface area (Å²) < 4.78 is 4.46. The molecule has 0 aliphatic heterocycles. The first-order valence-electron chi connectivity index (χ1n) is 3.28. The number of hydrogen-bond donors (Lipinski definition) is 2. The predicted octanol–water partition coefficient (Wildman–Crippen LogP) is -0.490. The summed E-state index contributed by atoms with van der Waals surface area (Å²) in [4.78, 5) is 10.2. The van der Waals surface area contributed by atoms with Crippen molar-refractivity contribution in [2.45, 2.75) is 0 Å². The van der Waals surface area contributed by atoms with Gasteiger partial charge < -0.3 is 15.8 Å². The van der Waals surface area contributed by atoms with Crippen molar-refractivity contribution < 1.29 is 9.53 Å². The molecule has 0 fully saturated rings. The number of carbonyl (C=O) groups excluding carboxylic acids is 1. The van der Waals surface area contributed by atoms with E-state index in [4.69, 9.17) is 5.73 Å². The smallest absolute Gasteiger partial charge is 0.320 e. The van der Waals surface area contributed by atoms with E-state index in [0.29, 0.717) is 0 Å². The van der Waals surface area contributed by atoms with E-state index in [1.165, 1.54) is 6.08 Å². The molecule has 0 heterocycles. The standard InChI is InChI=1S/C5H9NO2.C2H7N/c1-2-3-8-5(7)4-6;1-3-2/h2H,1,3-4,6H2;3H,1-2H3. The van der Waals surface area contributed by atoms with Crippen LogP contribution in [0.3, 0.4) is 0 Å². The van der Waals surface area contributed by atoms with Gasteiger partial charge in [-0.15, -0.1) is 0 Å². The zero-order valence-electron chi connectivity index (χ0n) is 7.09. The van der Waals surface area contributed by atoms with Crippen LogP contribution in [0.15, 0.2) is 12.7 Å². The van der Waals surface area contributed by atoms with E-state index < -0.39 is 5.97 Å². The zero-order valence-corrected chi connectivity index (χ0v) is 7.09. The number of rotatable bonds is 3. The molecule has 0 aromatic carbocycles. The lowest BCUT2D eigenvalue weighted by molar-refractivity contribution is -0.140. The summed E-state index contributed by atoms with van der Waals surface area (Å²) in [5.74, 6) is -0.398. The van der Waals surface area contributed by atoms with Crippen LogP contribution in [0, 0.1) is 0 Å². The monoisotopic (exact) mass is 160 g/mol. The Hall–Kier alpha value is -0.870. The highest BCUT2D eigenvalue weighted by Crippen LogP contribution is 1.73. The molecule has 0 saturated carbocycles. The molecule has 0 saturated heterocycles. The Morgan fingerprint density at radius 1 is 1.73 bits per heavy atom. The van der Waals surface area contributed by atoms with Crippen molar-refractivity contribution in [1.29, 1.82) is 0 Å². The second-order valence-corrected chi connectivity index (χ2v) is 1.68. The van der Waals surface area contributed by atoms with Crippen molar-refractivity contribution >= 4 is 5.97 Å². The number of esters is 1. The van der Waals surface area contributed by atoms with Gasteiger partial charge in [-0.25, -0.2) is 0 Å². The minimum Gasteiger partial charge on any atom is -0.461 e. The van der Waals surface area contributed by atoms with Gasteiger partial charge in [0.05, 0.1) is 6.54 Å². The summed E-state index contributed by atoms with van der Waals surface area (Å²) in [6.45, 7) is 3.53. The molecule has 0 radical (unpaired) electrons. The number of ether oxygens (including phenoxy) is 1. The highest BCUT2D eigenvalue weighted by molar-refractivity contribution is 5.71. The molecule has 4 nitrogen and oxygen atoms in total. The highest BCUT2D eigenvalue weighted by Gasteiger charge is 1.92. The Morgan fingerprint density at radius 2 is 2.18 bits per heavy atom. The molecular weight excluding hydrogens is 144 g/mol. The van der Waals surface area contributed by atoms with E-state index in [0.717, 1.165) is 0 Å². The Kier molecular flexibility index (Phi) is 13.8. The second-order valence-electron chi connectivity index (χ2n) is 1.68. The minimum atomic E-state index is -0.398. The largest absolute Gasteiger partial charge is 0.461 e. The molecule has 4 heteroatoms.